The van der Waals surface area contributed by atoms with E-state index in [-0.39, 0.29) is 22.8 Å². The highest BCUT2D eigenvalue weighted by Gasteiger charge is 2.10. The van der Waals surface area contributed by atoms with Crippen molar-refractivity contribution < 1.29 is 20.1 Å². The third-order valence-corrected chi connectivity index (χ3v) is 2.70. The van der Waals surface area contributed by atoms with Gasteiger partial charge in [-0.25, -0.2) is 0 Å². The average molecular weight is 259 g/mol. The lowest BCUT2D eigenvalue weighted by molar-refractivity contribution is 0.102. The van der Waals surface area contributed by atoms with E-state index in [2.05, 4.69) is 5.32 Å². The molecule has 0 bridgehead atoms. The number of hydrogen-bond donors (Lipinski definition) is 4. The van der Waals surface area contributed by atoms with E-state index >= 15 is 0 Å². The van der Waals surface area contributed by atoms with Gasteiger partial charge in [-0.05, 0) is 48.9 Å². The Hall–Kier alpha value is -2.69. The van der Waals surface area contributed by atoms with Crippen LogP contribution in [0.3, 0.4) is 0 Å². The Morgan fingerprint density at radius 3 is 2.37 bits per heavy atom. The molecule has 0 saturated heterocycles. The maximum absolute atomic E-state index is 11.9. The Morgan fingerprint density at radius 2 is 1.74 bits per heavy atom. The second kappa shape index (κ2) is 4.89. The molecule has 0 spiro atoms. The molecule has 0 atom stereocenters. The number of hydrogen-bond acceptors (Lipinski definition) is 4. The first-order valence-corrected chi connectivity index (χ1v) is 5.60. The molecular formula is C14H13NO4. The zero-order valence-electron chi connectivity index (χ0n) is 10.2. The number of carbonyl (C=O) groups is 1. The summed E-state index contributed by atoms with van der Waals surface area (Å²) in [6, 6.07) is 8.41. The van der Waals surface area contributed by atoms with Crippen molar-refractivity contribution in [3.05, 3.63) is 47.5 Å². The van der Waals surface area contributed by atoms with Gasteiger partial charge in [-0.15, -0.1) is 0 Å². The zero-order valence-corrected chi connectivity index (χ0v) is 10.2. The Bertz CT molecular complexity index is 637. The molecule has 0 unspecified atom stereocenters. The first-order valence-electron chi connectivity index (χ1n) is 5.60. The van der Waals surface area contributed by atoms with Crippen molar-refractivity contribution in [1.29, 1.82) is 0 Å². The Balaban J connectivity index is 2.23. The number of anilines is 1. The van der Waals surface area contributed by atoms with Gasteiger partial charge < -0.3 is 20.6 Å². The molecule has 2 aromatic rings. The molecule has 5 nitrogen and oxygen atoms in total. The molecule has 0 aliphatic carbocycles. The molecule has 0 saturated carbocycles. The first kappa shape index (κ1) is 12.8. The fourth-order valence-corrected chi connectivity index (χ4v) is 1.65. The van der Waals surface area contributed by atoms with Gasteiger partial charge in [0.15, 0.2) is 11.5 Å². The summed E-state index contributed by atoms with van der Waals surface area (Å²) in [7, 11) is 0. The Labute approximate surface area is 109 Å². The molecule has 5 heteroatoms. The van der Waals surface area contributed by atoms with Crippen molar-refractivity contribution in [1.82, 2.24) is 0 Å². The Kier molecular flexibility index (Phi) is 3.29. The highest BCUT2D eigenvalue weighted by molar-refractivity contribution is 6.05. The first-order chi connectivity index (χ1) is 8.97. The molecule has 0 fully saturated rings. The Morgan fingerprint density at radius 1 is 1.00 bits per heavy atom. The number of phenols is 3. The summed E-state index contributed by atoms with van der Waals surface area (Å²) < 4.78 is 0. The molecule has 2 rings (SSSR count). The van der Waals surface area contributed by atoms with Crippen molar-refractivity contribution in [3.8, 4) is 17.2 Å². The lowest BCUT2D eigenvalue weighted by Gasteiger charge is -2.09. The summed E-state index contributed by atoms with van der Waals surface area (Å²) in [6.07, 6.45) is 0. The van der Waals surface area contributed by atoms with Crippen molar-refractivity contribution in [2.45, 2.75) is 6.92 Å². The molecule has 0 heterocycles. The van der Waals surface area contributed by atoms with Crippen LogP contribution in [0.4, 0.5) is 5.69 Å². The molecule has 0 aromatic heterocycles. The monoisotopic (exact) mass is 259 g/mol. The summed E-state index contributed by atoms with van der Waals surface area (Å²) >= 11 is 0. The average Bonchev–Trinajstić information content (AvgIpc) is 2.36. The summed E-state index contributed by atoms with van der Waals surface area (Å²) in [5.74, 6) is -0.922. The van der Waals surface area contributed by atoms with Crippen LogP contribution >= 0.6 is 0 Å². The fourth-order valence-electron chi connectivity index (χ4n) is 1.65. The van der Waals surface area contributed by atoms with Crippen LogP contribution < -0.4 is 5.32 Å². The van der Waals surface area contributed by atoms with E-state index in [1.807, 2.05) is 0 Å². The number of amides is 1. The minimum absolute atomic E-state index is 0.123. The van der Waals surface area contributed by atoms with Crippen LogP contribution in [-0.4, -0.2) is 21.2 Å². The molecule has 1 amide bonds. The van der Waals surface area contributed by atoms with Crippen LogP contribution in [0.1, 0.15) is 15.9 Å². The highest BCUT2D eigenvalue weighted by atomic mass is 16.3. The topological polar surface area (TPSA) is 89.8 Å². The molecule has 0 aliphatic rings. The van der Waals surface area contributed by atoms with Gasteiger partial charge >= 0.3 is 0 Å². The number of carbonyl (C=O) groups excluding carboxylic acids is 1. The normalized spacial score (nSPS) is 10.2. The van der Waals surface area contributed by atoms with Gasteiger partial charge in [0.25, 0.3) is 5.91 Å². The number of rotatable bonds is 2. The fraction of sp³-hybridized carbons (Fsp3) is 0.0714. The van der Waals surface area contributed by atoms with Crippen LogP contribution in [0.15, 0.2) is 36.4 Å². The molecule has 98 valence electrons. The number of nitrogens with one attached hydrogen (secondary N) is 1. The lowest BCUT2D eigenvalue weighted by Crippen LogP contribution is -2.12. The lowest BCUT2D eigenvalue weighted by atomic mass is 10.1. The molecule has 4 N–H and O–H groups in total. The van der Waals surface area contributed by atoms with Gasteiger partial charge in [0.2, 0.25) is 0 Å². The van der Waals surface area contributed by atoms with E-state index in [1.54, 1.807) is 13.0 Å². The standard InChI is InChI=1S/C14H13NO4/c1-8-6-10(16)3-4-11(8)15-14(19)9-2-5-12(17)13(18)7-9/h2-7,16-18H,1H3,(H,15,19). The predicted octanol–water partition coefficient (Wildman–Crippen LogP) is 2.36. The van der Waals surface area contributed by atoms with E-state index in [1.165, 1.54) is 30.3 Å². The maximum Gasteiger partial charge on any atom is 0.255 e. The van der Waals surface area contributed by atoms with E-state index in [9.17, 15) is 20.1 Å². The summed E-state index contributed by atoms with van der Waals surface area (Å²) in [6.45, 7) is 1.75. The van der Waals surface area contributed by atoms with Crippen molar-refractivity contribution in [3.63, 3.8) is 0 Å². The van der Waals surface area contributed by atoms with Gasteiger partial charge in [0.1, 0.15) is 5.75 Å². The van der Waals surface area contributed by atoms with E-state index < -0.39 is 5.91 Å². The van der Waals surface area contributed by atoms with Gasteiger partial charge in [-0.3, -0.25) is 4.79 Å². The summed E-state index contributed by atoms with van der Waals surface area (Å²) in [4.78, 5) is 11.9. The second-order valence-corrected chi connectivity index (χ2v) is 4.16. The molecular weight excluding hydrogens is 246 g/mol. The van der Waals surface area contributed by atoms with E-state index in [0.717, 1.165) is 5.56 Å². The summed E-state index contributed by atoms with van der Waals surface area (Å²) in [5, 5.41) is 30.5. The van der Waals surface area contributed by atoms with Gasteiger partial charge in [0, 0.05) is 11.3 Å². The summed E-state index contributed by atoms with van der Waals surface area (Å²) in [5.41, 5.74) is 1.51. The molecule has 0 aliphatic heterocycles. The second-order valence-electron chi connectivity index (χ2n) is 4.16. The van der Waals surface area contributed by atoms with Crippen molar-refractivity contribution in [2.75, 3.05) is 5.32 Å². The van der Waals surface area contributed by atoms with E-state index in [4.69, 9.17) is 0 Å². The zero-order chi connectivity index (χ0) is 14.0. The predicted molar refractivity (Wildman–Crippen MR) is 70.6 cm³/mol. The quantitative estimate of drug-likeness (QED) is 0.492. The van der Waals surface area contributed by atoms with E-state index in [0.29, 0.717) is 5.69 Å². The van der Waals surface area contributed by atoms with Gasteiger partial charge in [-0.2, -0.15) is 0 Å². The minimum Gasteiger partial charge on any atom is -0.508 e. The number of phenolic OH excluding ortho intramolecular Hbond substituents is 3. The SMILES string of the molecule is Cc1cc(O)ccc1NC(=O)c1ccc(O)c(O)c1. The third-order valence-electron chi connectivity index (χ3n) is 2.70. The van der Waals surface area contributed by atoms with Crippen LogP contribution in [0.2, 0.25) is 0 Å². The molecule has 0 radical (unpaired) electrons. The maximum atomic E-state index is 11.9. The van der Waals surface area contributed by atoms with Gasteiger partial charge in [-0.1, -0.05) is 0 Å². The third kappa shape index (κ3) is 2.77. The number of aromatic hydroxyl groups is 3. The smallest absolute Gasteiger partial charge is 0.255 e. The largest absolute Gasteiger partial charge is 0.508 e. The highest BCUT2D eigenvalue weighted by Crippen LogP contribution is 2.26. The van der Waals surface area contributed by atoms with Gasteiger partial charge in [0.05, 0.1) is 0 Å². The molecule has 19 heavy (non-hydrogen) atoms. The molecule has 2 aromatic carbocycles. The van der Waals surface area contributed by atoms with Crippen LogP contribution in [0.5, 0.6) is 17.2 Å². The number of aryl methyl sites for hydroxylation is 1. The minimum atomic E-state index is -0.413. The van der Waals surface area contributed by atoms with Crippen LogP contribution in [0.25, 0.3) is 0 Å². The number of benzene rings is 2. The van der Waals surface area contributed by atoms with Crippen LogP contribution in [-0.2, 0) is 0 Å². The van der Waals surface area contributed by atoms with Crippen LogP contribution in [0, 0.1) is 6.92 Å². The van der Waals surface area contributed by atoms with Crippen molar-refractivity contribution in [2.24, 2.45) is 0 Å². The van der Waals surface area contributed by atoms with Crippen molar-refractivity contribution >= 4 is 11.6 Å².